The van der Waals surface area contributed by atoms with Gasteiger partial charge in [0.25, 0.3) is 0 Å². The van der Waals surface area contributed by atoms with Gasteiger partial charge in [0.15, 0.2) is 0 Å². The first kappa shape index (κ1) is 28.4. The zero-order valence-electron chi connectivity index (χ0n) is 27.6. The van der Waals surface area contributed by atoms with Gasteiger partial charge in [-0.25, -0.2) is 0 Å². The highest BCUT2D eigenvalue weighted by Gasteiger charge is 2.18. The Morgan fingerprint density at radius 2 is 0.863 bits per heavy atom. The summed E-state index contributed by atoms with van der Waals surface area (Å²) in [7, 11) is 0. The lowest BCUT2D eigenvalue weighted by molar-refractivity contribution is 1.18. The third-order valence-corrected chi connectivity index (χ3v) is 11.7. The van der Waals surface area contributed by atoms with Crippen LogP contribution in [0.3, 0.4) is 0 Å². The van der Waals surface area contributed by atoms with Crippen LogP contribution in [0.4, 0.5) is 0 Å². The molecule has 0 aliphatic heterocycles. The summed E-state index contributed by atoms with van der Waals surface area (Å²) >= 11 is 1.87. The van der Waals surface area contributed by atoms with Crippen molar-refractivity contribution in [2.45, 2.75) is 0 Å². The number of thiophene rings is 1. The van der Waals surface area contributed by atoms with E-state index in [0.29, 0.717) is 0 Å². The molecule has 0 aliphatic carbocycles. The molecule has 0 unspecified atom stereocenters. The number of aromatic nitrogens is 2. The molecule has 0 aliphatic rings. The number of hydrogen-bond acceptors (Lipinski definition) is 1. The van der Waals surface area contributed by atoms with Crippen LogP contribution >= 0.6 is 11.3 Å². The smallest absolute Gasteiger partial charge is 0.0541 e. The second-order valence-corrected chi connectivity index (χ2v) is 14.4. The Labute approximate surface area is 298 Å². The molecule has 0 atom stereocenters. The Morgan fingerprint density at radius 1 is 0.314 bits per heavy atom. The van der Waals surface area contributed by atoms with Gasteiger partial charge in [-0.3, -0.25) is 0 Å². The summed E-state index contributed by atoms with van der Waals surface area (Å²) < 4.78 is 7.51. The van der Waals surface area contributed by atoms with Gasteiger partial charge in [0.1, 0.15) is 0 Å². The highest BCUT2D eigenvalue weighted by atomic mass is 32.1. The van der Waals surface area contributed by atoms with Crippen molar-refractivity contribution < 1.29 is 0 Å². The highest BCUT2D eigenvalue weighted by Crippen LogP contribution is 2.41. The molecule has 0 amide bonds. The van der Waals surface area contributed by atoms with Gasteiger partial charge in [-0.05, 0) is 77.4 Å². The Balaban J connectivity index is 1.09. The molecule has 11 rings (SSSR count). The van der Waals surface area contributed by atoms with E-state index in [1.165, 1.54) is 97.4 Å². The van der Waals surface area contributed by atoms with Gasteiger partial charge in [-0.1, -0.05) is 121 Å². The van der Waals surface area contributed by atoms with Gasteiger partial charge < -0.3 is 9.13 Å². The zero-order chi connectivity index (χ0) is 33.5. The van der Waals surface area contributed by atoms with Crippen molar-refractivity contribution in [1.82, 2.24) is 9.13 Å². The van der Waals surface area contributed by atoms with E-state index in [-0.39, 0.29) is 0 Å². The van der Waals surface area contributed by atoms with Crippen molar-refractivity contribution in [2.24, 2.45) is 0 Å². The molecule has 0 saturated carbocycles. The lowest BCUT2D eigenvalue weighted by Crippen LogP contribution is -1.97. The minimum atomic E-state index is 1.19. The standard InChI is InChI=1S/C48H30N2S/c1-2-12-31(13-3-1)35-14-4-8-18-42(35)50-44-20-10-6-16-37(44)41-29-33(23-27-46(41)50)32-22-26-45-40(28-32)36-15-5-9-19-43(36)49(45)34-24-25-39-38-17-7-11-21-47(38)51-48(39)30-34/h1-30H. The Hall–Kier alpha value is -6.42. The van der Waals surface area contributed by atoms with Crippen molar-refractivity contribution in [3.63, 3.8) is 0 Å². The maximum atomic E-state index is 2.43. The van der Waals surface area contributed by atoms with E-state index in [1.54, 1.807) is 0 Å². The van der Waals surface area contributed by atoms with Crippen LogP contribution in [0.5, 0.6) is 0 Å². The molecular weight excluding hydrogens is 637 g/mol. The summed E-state index contributed by atoms with van der Waals surface area (Å²) in [6.07, 6.45) is 0. The molecule has 8 aromatic carbocycles. The van der Waals surface area contributed by atoms with Crippen LogP contribution in [0, 0.1) is 0 Å². The molecular formula is C48H30N2S. The highest BCUT2D eigenvalue weighted by molar-refractivity contribution is 7.25. The summed E-state index contributed by atoms with van der Waals surface area (Å²) in [5.41, 5.74) is 12.1. The minimum absolute atomic E-state index is 1.19. The lowest BCUT2D eigenvalue weighted by atomic mass is 10.0. The third kappa shape index (κ3) is 4.29. The largest absolute Gasteiger partial charge is 0.309 e. The van der Waals surface area contributed by atoms with Crippen molar-refractivity contribution in [1.29, 1.82) is 0 Å². The summed E-state index contributed by atoms with van der Waals surface area (Å²) in [6.45, 7) is 0. The van der Waals surface area contributed by atoms with E-state index in [0.717, 1.165) is 0 Å². The molecule has 3 heteroatoms. The molecule has 3 aromatic heterocycles. The van der Waals surface area contributed by atoms with Crippen molar-refractivity contribution in [2.75, 3.05) is 0 Å². The fourth-order valence-electron chi connectivity index (χ4n) is 8.23. The first-order valence-corrected chi connectivity index (χ1v) is 18.3. The summed E-state index contributed by atoms with van der Waals surface area (Å²) in [4.78, 5) is 0. The summed E-state index contributed by atoms with van der Waals surface area (Å²) in [5, 5.41) is 7.69. The predicted octanol–water partition coefficient (Wildman–Crippen LogP) is 13.6. The van der Waals surface area contributed by atoms with Crippen LogP contribution in [0.25, 0.3) is 97.4 Å². The Kier molecular flexibility index (Phi) is 6.16. The molecule has 3 heterocycles. The molecule has 0 radical (unpaired) electrons. The number of benzene rings is 8. The fourth-order valence-corrected chi connectivity index (χ4v) is 9.37. The van der Waals surface area contributed by atoms with Gasteiger partial charge in [0.05, 0.1) is 27.8 Å². The monoisotopic (exact) mass is 666 g/mol. The van der Waals surface area contributed by atoms with Gasteiger partial charge in [-0.15, -0.1) is 11.3 Å². The maximum Gasteiger partial charge on any atom is 0.0541 e. The van der Waals surface area contributed by atoms with Crippen LogP contribution in [-0.2, 0) is 0 Å². The van der Waals surface area contributed by atoms with Gasteiger partial charge >= 0.3 is 0 Å². The first-order chi connectivity index (χ1) is 25.3. The van der Waals surface area contributed by atoms with Crippen molar-refractivity contribution in [3.8, 4) is 33.6 Å². The zero-order valence-corrected chi connectivity index (χ0v) is 28.4. The molecule has 0 saturated heterocycles. The van der Waals surface area contributed by atoms with Crippen LogP contribution in [-0.4, -0.2) is 9.13 Å². The minimum Gasteiger partial charge on any atom is -0.309 e. The van der Waals surface area contributed by atoms with E-state index in [4.69, 9.17) is 0 Å². The van der Waals surface area contributed by atoms with E-state index in [2.05, 4.69) is 191 Å². The molecule has 238 valence electrons. The average Bonchev–Trinajstić information content (AvgIpc) is 3.85. The normalized spacial score (nSPS) is 11.9. The Bertz CT molecular complexity index is 3140. The number of rotatable bonds is 4. The van der Waals surface area contributed by atoms with Gasteiger partial charge in [-0.2, -0.15) is 0 Å². The fraction of sp³-hybridized carbons (Fsp3) is 0. The Morgan fingerprint density at radius 3 is 1.61 bits per heavy atom. The molecule has 11 aromatic rings. The number of nitrogens with zero attached hydrogens (tertiary/aromatic N) is 2. The van der Waals surface area contributed by atoms with Crippen LogP contribution in [0.1, 0.15) is 0 Å². The number of hydrogen-bond donors (Lipinski definition) is 0. The predicted molar refractivity (Wildman–Crippen MR) is 219 cm³/mol. The van der Waals surface area contributed by atoms with Crippen LogP contribution in [0.2, 0.25) is 0 Å². The topological polar surface area (TPSA) is 9.86 Å². The van der Waals surface area contributed by atoms with E-state index in [9.17, 15) is 0 Å². The van der Waals surface area contributed by atoms with Crippen molar-refractivity contribution in [3.05, 3.63) is 182 Å². The van der Waals surface area contributed by atoms with Gasteiger partial charge in [0, 0.05) is 53.0 Å². The number of para-hydroxylation sites is 3. The molecule has 0 N–H and O–H groups in total. The summed E-state index contributed by atoms with van der Waals surface area (Å²) in [5.74, 6) is 0. The maximum absolute atomic E-state index is 2.43. The quantitative estimate of drug-likeness (QED) is 0.177. The van der Waals surface area contributed by atoms with Crippen LogP contribution in [0.15, 0.2) is 182 Å². The molecule has 51 heavy (non-hydrogen) atoms. The van der Waals surface area contributed by atoms with Gasteiger partial charge in [0.2, 0.25) is 0 Å². The molecule has 0 fully saturated rings. The summed E-state index contributed by atoms with van der Waals surface area (Å²) in [6, 6.07) is 66.7. The van der Waals surface area contributed by atoms with E-state index >= 15 is 0 Å². The second-order valence-electron chi connectivity index (χ2n) is 13.3. The third-order valence-electron chi connectivity index (χ3n) is 10.5. The van der Waals surface area contributed by atoms with Crippen LogP contribution < -0.4 is 0 Å². The lowest BCUT2D eigenvalue weighted by Gasteiger charge is -2.14. The first-order valence-electron chi connectivity index (χ1n) is 17.4. The molecule has 0 bridgehead atoms. The van der Waals surface area contributed by atoms with Crippen molar-refractivity contribution >= 4 is 75.1 Å². The molecule has 2 nitrogen and oxygen atoms in total. The molecule has 0 spiro atoms. The SMILES string of the molecule is c1ccc(-c2ccccc2-n2c3ccccc3c3cc(-c4ccc5c(c4)c4ccccc4n5-c4ccc5c(c4)sc4ccccc45)ccc32)cc1. The number of fused-ring (bicyclic) bond motifs is 9. The van der Waals surface area contributed by atoms with E-state index in [1.807, 2.05) is 11.3 Å². The second kappa shape index (κ2) is 11.0. The average molecular weight is 667 g/mol. The van der Waals surface area contributed by atoms with E-state index < -0.39 is 0 Å².